The molecule has 2 unspecified atom stereocenters. The van der Waals surface area contributed by atoms with Gasteiger partial charge in [-0.2, -0.15) is 0 Å². The molecule has 0 aliphatic carbocycles. The number of hydrogen-bond acceptors (Lipinski definition) is 2. The van der Waals surface area contributed by atoms with E-state index in [9.17, 15) is 9.50 Å². The third kappa shape index (κ3) is 3.69. The van der Waals surface area contributed by atoms with Crippen LogP contribution in [0.5, 0.6) is 0 Å². The molecule has 0 fully saturated rings. The number of likely N-dealkylation sites (N-methyl/N-ethyl adjacent to an activating group) is 1. The van der Waals surface area contributed by atoms with Crippen molar-refractivity contribution in [3.05, 3.63) is 71.5 Å². The second-order valence-electron chi connectivity index (χ2n) is 5.75. The van der Waals surface area contributed by atoms with Gasteiger partial charge < -0.3 is 5.11 Å². The minimum absolute atomic E-state index is 0.110. The summed E-state index contributed by atoms with van der Waals surface area (Å²) in [6.07, 6.45) is 0. The van der Waals surface area contributed by atoms with E-state index < -0.39 is 5.60 Å². The van der Waals surface area contributed by atoms with E-state index in [4.69, 9.17) is 0 Å². The zero-order chi connectivity index (χ0) is 15.5. The van der Waals surface area contributed by atoms with Crippen LogP contribution in [0, 0.1) is 5.82 Å². The van der Waals surface area contributed by atoms with Crippen LogP contribution in [0.1, 0.15) is 31.0 Å². The van der Waals surface area contributed by atoms with E-state index in [0.717, 1.165) is 5.56 Å². The highest BCUT2D eigenvalue weighted by molar-refractivity contribution is 5.23. The molecule has 2 nitrogen and oxygen atoms in total. The molecule has 0 amide bonds. The van der Waals surface area contributed by atoms with Gasteiger partial charge in [-0.3, -0.25) is 4.90 Å². The molecule has 0 saturated carbocycles. The van der Waals surface area contributed by atoms with Gasteiger partial charge >= 0.3 is 0 Å². The average molecular weight is 287 g/mol. The summed E-state index contributed by atoms with van der Waals surface area (Å²) in [5.74, 6) is -0.212. The van der Waals surface area contributed by atoms with Crippen LogP contribution in [0.4, 0.5) is 4.39 Å². The fraction of sp³-hybridized carbons (Fsp3) is 0.333. The zero-order valence-corrected chi connectivity index (χ0v) is 12.8. The summed E-state index contributed by atoms with van der Waals surface area (Å²) in [6.45, 7) is 4.15. The lowest BCUT2D eigenvalue weighted by molar-refractivity contribution is 0.0128. The Balaban J connectivity index is 2.14. The first-order valence-electron chi connectivity index (χ1n) is 7.14. The van der Waals surface area contributed by atoms with Crippen molar-refractivity contribution in [2.75, 3.05) is 13.6 Å². The largest absolute Gasteiger partial charge is 0.384 e. The molecule has 0 spiro atoms. The molecule has 112 valence electrons. The molecule has 3 heteroatoms. The van der Waals surface area contributed by atoms with E-state index in [1.807, 2.05) is 55.3 Å². The predicted molar refractivity (Wildman–Crippen MR) is 83.5 cm³/mol. The van der Waals surface area contributed by atoms with Gasteiger partial charge in [0.15, 0.2) is 0 Å². The molecule has 0 saturated heterocycles. The minimum atomic E-state index is -0.977. The SMILES string of the molecule is CC(c1ccccc1F)N(C)CC(C)(O)c1ccccc1. The Hall–Kier alpha value is -1.71. The van der Waals surface area contributed by atoms with Crippen LogP contribution in [-0.2, 0) is 5.60 Å². The third-order valence-electron chi connectivity index (χ3n) is 3.97. The molecule has 2 aromatic carbocycles. The van der Waals surface area contributed by atoms with Gasteiger partial charge in [0.2, 0.25) is 0 Å². The summed E-state index contributed by atoms with van der Waals surface area (Å²) < 4.78 is 13.9. The molecule has 1 N–H and O–H groups in total. The van der Waals surface area contributed by atoms with Gasteiger partial charge in [0.1, 0.15) is 5.82 Å². The van der Waals surface area contributed by atoms with Crippen LogP contribution in [0.25, 0.3) is 0 Å². The van der Waals surface area contributed by atoms with E-state index in [1.165, 1.54) is 6.07 Å². The highest BCUT2D eigenvalue weighted by Gasteiger charge is 2.27. The maximum Gasteiger partial charge on any atom is 0.127 e. The number of halogens is 1. The van der Waals surface area contributed by atoms with Crippen molar-refractivity contribution < 1.29 is 9.50 Å². The number of rotatable bonds is 5. The van der Waals surface area contributed by atoms with Gasteiger partial charge in [-0.15, -0.1) is 0 Å². The lowest BCUT2D eigenvalue weighted by Crippen LogP contribution is -2.38. The van der Waals surface area contributed by atoms with Crippen molar-refractivity contribution in [2.24, 2.45) is 0 Å². The van der Waals surface area contributed by atoms with Crippen molar-refractivity contribution >= 4 is 0 Å². The Morgan fingerprint density at radius 2 is 1.67 bits per heavy atom. The van der Waals surface area contributed by atoms with Crippen LogP contribution >= 0.6 is 0 Å². The van der Waals surface area contributed by atoms with E-state index in [-0.39, 0.29) is 11.9 Å². The molecule has 0 aliphatic heterocycles. The van der Waals surface area contributed by atoms with Gasteiger partial charge in [-0.1, -0.05) is 48.5 Å². The van der Waals surface area contributed by atoms with Crippen LogP contribution in [-0.4, -0.2) is 23.6 Å². The molecule has 2 atom stereocenters. The maximum atomic E-state index is 13.9. The van der Waals surface area contributed by atoms with Crippen molar-refractivity contribution in [1.29, 1.82) is 0 Å². The van der Waals surface area contributed by atoms with Crippen molar-refractivity contribution in [3.8, 4) is 0 Å². The number of nitrogens with zero attached hydrogens (tertiary/aromatic N) is 1. The Labute approximate surface area is 125 Å². The lowest BCUT2D eigenvalue weighted by atomic mass is 9.94. The van der Waals surface area contributed by atoms with Crippen LogP contribution < -0.4 is 0 Å². The van der Waals surface area contributed by atoms with Gasteiger partial charge in [0.25, 0.3) is 0 Å². The molecule has 0 bridgehead atoms. The molecule has 0 heterocycles. The van der Waals surface area contributed by atoms with Crippen molar-refractivity contribution in [2.45, 2.75) is 25.5 Å². The van der Waals surface area contributed by atoms with Crippen LogP contribution in [0.2, 0.25) is 0 Å². The molecule has 0 aromatic heterocycles. The fourth-order valence-electron chi connectivity index (χ4n) is 2.56. The Kier molecular flexibility index (Phi) is 4.76. The summed E-state index contributed by atoms with van der Waals surface area (Å²) >= 11 is 0. The minimum Gasteiger partial charge on any atom is -0.384 e. The fourth-order valence-corrected chi connectivity index (χ4v) is 2.56. The molecular formula is C18H22FNO. The van der Waals surface area contributed by atoms with Gasteiger partial charge in [-0.05, 0) is 32.5 Å². The molecule has 0 aliphatic rings. The second kappa shape index (κ2) is 6.37. The maximum absolute atomic E-state index is 13.9. The molecular weight excluding hydrogens is 265 g/mol. The predicted octanol–water partition coefficient (Wildman–Crippen LogP) is 3.73. The Bertz CT molecular complexity index is 583. The summed E-state index contributed by atoms with van der Waals surface area (Å²) in [4.78, 5) is 1.96. The molecule has 2 aromatic rings. The van der Waals surface area contributed by atoms with Crippen LogP contribution in [0.3, 0.4) is 0 Å². The highest BCUT2D eigenvalue weighted by Crippen LogP contribution is 2.27. The van der Waals surface area contributed by atoms with Gasteiger partial charge in [0.05, 0.1) is 5.60 Å². The van der Waals surface area contributed by atoms with E-state index in [1.54, 1.807) is 19.1 Å². The summed E-state index contributed by atoms with van der Waals surface area (Å²) in [5.41, 5.74) is 0.525. The van der Waals surface area contributed by atoms with E-state index in [2.05, 4.69) is 0 Å². The summed E-state index contributed by atoms with van der Waals surface area (Å²) in [5, 5.41) is 10.7. The van der Waals surface area contributed by atoms with E-state index >= 15 is 0 Å². The third-order valence-corrected chi connectivity index (χ3v) is 3.97. The lowest BCUT2D eigenvalue weighted by Gasteiger charge is -2.33. The van der Waals surface area contributed by atoms with Crippen molar-refractivity contribution in [3.63, 3.8) is 0 Å². The smallest absolute Gasteiger partial charge is 0.127 e. The summed E-state index contributed by atoms with van der Waals surface area (Å²) in [6, 6.07) is 16.2. The number of benzene rings is 2. The number of hydrogen-bond donors (Lipinski definition) is 1. The number of aliphatic hydroxyl groups is 1. The summed E-state index contributed by atoms with van der Waals surface area (Å²) in [7, 11) is 1.90. The monoisotopic (exact) mass is 287 g/mol. The molecule has 2 rings (SSSR count). The zero-order valence-electron chi connectivity index (χ0n) is 12.8. The van der Waals surface area contributed by atoms with Gasteiger partial charge in [-0.25, -0.2) is 4.39 Å². The second-order valence-corrected chi connectivity index (χ2v) is 5.75. The first kappa shape index (κ1) is 15.7. The normalized spacial score (nSPS) is 15.7. The van der Waals surface area contributed by atoms with Gasteiger partial charge in [0, 0.05) is 18.2 Å². The first-order chi connectivity index (χ1) is 9.92. The first-order valence-corrected chi connectivity index (χ1v) is 7.14. The molecule has 21 heavy (non-hydrogen) atoms. The van der Waals surface area contributed by atoms with Crippen molar-refractivity contribution in [1.82, 2.24) is 4.90 Å². The Morgan fingerprint density at radius 1 is 1.10 bits per heavy atom. The standard InChI is InChI=1S/C18H22FNO/c1-14(16-11-7-8-12-17(16)19)20(3)13-18(2,21)15-9-5-4-6-10-15/h4-12,14,21H,13H2,1-3H3. The average Bonchev–Trinajstić information content (AvgIpc) is 2.47. The van der Waals surface area contributed by atoms with E-state index in [0.29, 0.717) is 12.1 Å². The molecule has 0 radical (unpaired) electrons. The Morgan fingerprint density at radius 3 is 2.29 bits per heavy atom. The quantitative estimate of drug-likeness (QED) is 0.906. The topological polar surface area (TPSA) is 23.5 Å². The van der Waals surface area contributed by atoms with Crippen LogP contribution in [0.15, 0.2) is 54.6 Å². The highest BCUT2D eigenvalue weighted by atomic mass is 19.1.